The Kier molecular flexibility index (Phi) is 2.81. The molecule has 0 aromatic rings. The topological polar surface area (TPSA) is 81.6 Å². The number of hydroxylamine groups is 1. The zero-order valence-electron chi connectivity index (χ0n) is 6.08. The van der Waals surface area contributed by atoms with E-state index in [4.69, 9.17) is 10.3 Å². The first-order chi connectivity index (χ1) is 5.24. The van der Waals surface area contributed by atoms with Gasteiger partial charge in [0.25, 0.3) is 0 Å². The second kappa shape index (κ2) is 3.66. The van der Waals surface area contributed by atoms with Gasteiger partial charge in [0.15, 0.2) is 0 Å². The highest BCUT2D eigenvalue weighted by molar-refractivity contribution is 5.73. The smallest absolute Gasteiger partial charge is 0.320 e. The third-order valence-corrected chi connectivity index (χ3v) is 1.90. The third-order valence-electron chi connectivity index (χ3n) is 1.90. The Morgan fingerprint density at radius 1 is 1.55 bits per heavy atom. The van der Waals surface area contributed by atoms with Crippen molar-refractivity contribution in [1.82, 2.24) is 10.8 Å². The first-order valence-electron chi connectivity index (χ1n) is 3.60. The van der Waals surface area contributed by atoms with Gasteiger partial charge in [-0.3, -0.25) is 4.79 Å². The summed E-state index contributed by atoms with van der Waals surface area (Å²) in [5.74, 6) is -0.818. The Morgan fingerprint density at radius 2 is 2.27 bits per heavy atom. The van der Waals surface area contributed by atoms with Crippen LogP contribution in [0.2, 0.25) is 0 Å². The number of hydrogen-bond acceptors (Lipinski definition) is 4. The first-order valence-corrected chi connectivity index (χ1v) is 3.60. The number of nitrogens with one attached hydrogen (secondary N) is 2. The summed E-state index contributed by atoms with van der Waals surface area (Å²) in [6, 6.07) is -0.454. The molecule has 1 aliphatic heterocycles. The van der Waals surface area contributed by atoms with Crippen LogP contribution < -0.4 is 10.8 Å². The Morgan fingerprint density at radius 3 is 2.64 bits per heavy atom. The van der Waals surface area contributed by atoms with Crippen molar-refractivity contribution >= 4 is 5.97 Å². The van der Waals surface area contributed by atoms with Gasteiger partial charge in [0, 0.05) is 12.6 Å². The van der Waals surface area contributed by atoms with Crippen molar-refractivity contribution < 1.29 is 15.1 Å². The molecule has 0 bridgehead atoms. The van der Waals surface area contributed by atoms with Crippen LogP contribution in [0.1, 0.15) is 12.8 Å². The normalized spacial score (nSPS) is 31.7. The Balaban J connectivity index is 2.30. The summed E-state index contributed by atoms with van der Waals surface area (Å²) in [6.07, 6.45) is 1.26. The average Bonchev–Trinajstić information content (AvgIpc) is 2.05. The minimum absolute atomic E-state index is 0.00870. The summed E-state index contributed by atoms with van der Waals surface area (Å²) in [7, 11) is 0. The number of hydrogen-bond donors (Lipinski definition) is 4. The number of carbonyl (C=O) groups is 1. The highest BCUT2D eigenvalue weighted by Gasteiger charge is 2.24. The van der Waals surface area contributed by atoms with E-state index >= 15 is 0 Å². The Labute approximate surface area is 64.4 Å². The van der Waals surface area contributed by atoms with Gasteiger partial charge in [0.1, 0.15) is 6.04 Å². The van der Waals surface area contributed by atoms with Crippen LogP contribution in [-0.2, 0) is 4.79 Å². The molecule has 0 aromatic heterocycles. The number of piperidine rings is 1. The van der Waals surface area contributed by atoms with Crippen molar-refractivity contribution in [2.75, 3.05) is 6.54 Å². The van der Waals surface area contributed by atoms with Crippen molar-refractivity contribution in [2.45, 2.75) is 24.9 Å². The predicted octanol–water partition coefficient (Wildman–Crippen LogP) is -0.830. The number of carboxylic acid groups (broad SMARTS) is 1. The van der Waals surface area contributed by atoms with Crippen LogP contribution in [0.25, 0.3) is 0 Å². The van der Waals surface area contributed by atoms with Crippen LogP contribution >= 0.6 is 0 Å². The second-order valence-electron chi connectivity index (χ2n) is 2.70. The van der Waals surface area contributed by atoms with Crippen LogP contribution in [0, 0.1) is 0 Å². The molecule has 1 heterocycles. The quantitative estimate of drug-likeness (QED) is 0.396. The molecule has 11 heavy (non-hydrogen) atoms. The van der Waals surface area contributed by atoms with E-state index in [1.807, 2.05) is 0 Å². The zero-order chi connectivity index (χ0) is 8.27. The van der Waals surface area contributed by atoms with Crippen LogP contribution in [-0.4, -0.2) is 34.9 Å². The van der Waals surface area contributed by atoms with Gasteiger partial charge in [-0.25, -0.2) is 5.48 Å². The molecule has 0 unspecified atom stereocenters. The van der Waals surface area contributed by atoms with E-state index in [0.717, 1.165) is 0 Å². The summed E-state index contributed by atoms with van der Waals surface area (Å²) in [4.78, 5) is 10.4. The van der Waals surface area contributed by atoms with Gasteiger partial charge in [-0.1, -0.05) is 0 Å². The molecule has 0 radical (unpaired) electrons. The molecule has 64 valence electrons. The molecule has 1 saturated heterocycles. The monoisotopic (exact) mass is 160 g/mol. The molecule has 5 heteroatoms. The lowest BCUT2D eigenvalue weighted by Gasteiger charge is -2.25. The zero-order valence-corrected chi connectivity index (χ0v) is 6.08. The maximum Gasteiger partial charge on any atom is 0.320 e. The van der Waals surface area contributed by atoms with Crippen LogP contribution in [0.4, 0.5) is 0 Å². The summed E-state index contributed by atoms with van der Waals surface area (Å²) in [6.45, 7) is 0.507. The predicted molar refractivity (Wildman–Crippen MR) is 37.4 cm³/mol. The third kappa shape index (κ3) is 2.14. The summed E-state index contributed by atoms with van der Waals surface area (Å²) in [5.41, 5.74) is 2.11. The van der Waals surface area contributed by atoms with E-state index in [1.165, 1.54) is 0 Å². The van der Waals surface area contributed by atoms with Gasteiger partial charge in [0.2, 0.25) is 0 Å². The molecule has 0 amide bonds. The summed E-state index contributed by atoms with van der Waals surface area (Å²) in [5, 5.41) is 19.8. The highest BCUT2D eigenvalue weighted by Crippen LogP contribution is 2.07. The SMILES string of the molecule is O=C(O)[C@@H]1CC[C@@H](NO)CN1. The fraction of sp³-hybridized carbons (Fsp3) is 0.833. The Bertz CT molecular complexity index is 143. The van der Waals surface area contributed by atoms with Gasteiger partial charge in [-0.2, -0.15) is 0 Å². The number of aliphatic carboxylic acids is 1. The maximum atomic E-state index is 10.4. The standard InChI is InChI=1S/C6H12N2O3/c9-6(10)5-2-1-4(8-11)3-7-5/h4-5,7-8,11H,1-3H2,(H,9,10)/t4-,5+/m1/s1. The molecule has 1 fully saturated rings. The van der Waals surface area contributed by atoms with Gasteiger partial charge in [-0.15, -0.1) is 0 Å². The lowest BCUT2D eigenvalue weighted by atomic mass is 10.0. The lowest BCUT2D eigenvalue weighted by Crippen LogP contribution is -2.49. The van der Waals surface area contributed by atoms with E-state index in [-0.39, 0.29) is 6.04 Å². The molecule has 0 aromatic carbocycles. The molecule has 0 saturated carbocycles. The van der Waals surface area contributed by atoms with Crippen LogP contribution in [0.3, 0.4) is 0 Å². The minimum atomic E-state index is -0.818. The minimum Gasteiger partial charge on any atom is -0.480 e. The van der Waals surface area contributed by atoms with Crippen molar-refractivity contribution in [3.63, 3.8) is 0 Å². The molecular formula is C6H12N2O3. The van der Waals surface area contributed by atoms with Gasteiger partial charge in [0.05, 0.1) is 0 Å². The molecule has 1 aliphatic rings. The lowest BCUT2D eigenvalue weighted by molar-refractivity contribution is -0.140. The van der Waals surface area contributed by atoms with E-state index in [2.05, 4.69) is 10.8 Å². The van der Waals surface area contributed by atoms with Gasteiger partial charge in [-0.05, 0) is 12.8 Å². The fourth-order valence-corrected chi connectivity index (χ4v) is 1.18. The molecule has 0 aliphatic carbocycles. The molecule has 4 N–H and O–H groups in total. The van der Waals surface area contributed by atoms with E-state index < -0.39 is 12.0 Å². The van der Waals surface area contributed by atoms with E-state index in [1.54, 1.807) is 0 Å². The van der Waals surface area contributed by atoms with Crippen LogP contribution in [0.5, 0.6) is 0 Å². The van der Waals surface area contributed by atoms with E-state index in [0.29, 0.717) is 19.4 Å². The largest absolute Gasteiger partial charge is 0.480 e. The molecule has 2 atom stereocenters. The summed E-state index contributed by atoms with van der Waals surface area (Å²) >= 11 is 0. The number of rotatable bonds is 2. The second-order valence-corrected chi connectivity index (χ2v) is 2.70. The maximum absolute atomic E-state index is 10.4. The first kappa shape index (κ1) is 8.45. The molecular weight excluding hydrogens is 148 g/mol. The average molecular weight is 160 g/mol. The van der Waals surface area contributed by atoms with Crippen molar-refractivity contribution in [3.05, 3.63) is 0 Å². The van der Waals surface area contributed by atoms with Crippen LogP contribution in [0.15, 0.2) is 0 Å². The molecule has 1 rings (SSSR count). The van der Waals surface area contributed by atoms with Gasteiger partial charge >= 0.3 is 5.97 Å². The summed E-state index contributed by atoms with van der Waals surface area (Å²) < 4.78 is 0. The highest BCUT2D eigenvalue weighted by atomic mass is 16.5. The molecule has 5 nitrogen and oxygen atoms in total. The van der Waals surface area contributed by atoms with Crippen molar-refractivity contribution in [2.24, 2.45) is 0 Å². The molecule has 0 spiro atoms. The Hall–Kier alpha value is -0.650. The fourth-order valence-electron chi connectivity index (χ4n) is 1.18. The van der Waals surface area contributed by atoms with Crippen molar-refractivity contribution in [3.8, 4) is 0 Å². The van der Waals surface area contributed by atoms with E-state index in [9.17, 15) is 4.79 Å². The van der Waals surface area contributed by atoms with Crippen molar-refractivity contribution in [1.29, 1.82) is 0 Å². The van der Waals surface area contributed by atoms with Gasteiger partial charge < -0.3 is 15.6 Å². The number of carboxylic acids is 1.